The number of piperazine rings is 1. The van der Waals surface area contributed by atoms with Crippen molar-refractivity contribution in [1.82, 2.24) is 34.5 Å². The SMILES string of the molecule is Cl.Cn1ccnc1C1CNCCN1C(=O)c1ccc(-n2cnnc2)cc1. The largest absolute Gasteiger partial charge is 0.336 e. The first-order valence-electron chi connectivity index (χ1n) is 8.18. The molecule has 4 rings (SSSR count). The third-order valence-electron chi connectivity index (χ3n) is 4.49. The zero-order valence-corrected chi connectivity index (χ0v) is 15.1. The zero-order chi connectivity index (χ0) is 17.2. The van der Waals surface area contributed by atoms with Gasteiger partial charge in [-0.25, -0.2) is 4.98 Å². The third-order valence-corrected chi connectivity index (χ3v) is 4.49. The molecule has 0 radical (unpaired) electrons. The van der Waals surface area contributed by atoms with E-state index in [1.165, 1.54) is 0 Å². The van der Waals surface area contributed by atoms with Gasteiger partial charge < -0.3 is 14.8 Å². The smallest absolute Gasteiger partial charge is 0.254 e. The van der Waals surface area contributed by atoms with Crippen LogP contribution in [0.15, 0.2) is 49.3 Å². The number of carbonyl (C=O) groups is 1. The lowest BCUT2D eigenvalue weighted by Crippen LogP contribution is -2.49. The van der Waals surface area contributed by atoms with E-state index in [4.69, 9.17) is 0 Å². The van der Waals surface area contributed by atoms with Crippen molar-refractivity contribution in [3.8, 4) is 5.69 Å². The number of hydrogen-bond acceptors (Lipinski definition) is 5. The molecule has 2 aromatic heterocycles. The Morgan fingerprint density at radius 1 is 1.19 bits per heavy atom. The average molecular weight is 374 g/mol. The van der Waals surface area contributed by atoms with E-state index in [9.17, 15) is 4.79 Å². The van der Waals surface area contributed by atoms with Crippen LogP contribution in [-0.2, 0) is 7.05 Å². The number of rotatable bonds is 3. The molecule has 9 heteroatoms. The van der Waals surface area contributed by atoms with Crippen LogP contribution in [0.2, 0.25) is 0 Å². The van der Waals surface area contributed by atoms with Gasteiger partial charge in [0.15, 0.2) is 0 Å². The molecule has 8 nitrogen and oxygen atoms in total. The number of aromatic nitrogens is 5. The van der Waals surface area contributed by atoms with Crippen molar-refractivity contribution in [3.05, 3.63) is 60.7 Å². The maximum Gasteiger partial charge on any atom is 0.254 e. The number of nitrogens with zero attached hydrogens (tertiary/aromatic N) is 6. The summed E-state index contributed by atoms with van der Waals surface area (Å²) < 4.78 is 3.77. The van der Waals surface area contributed by atoms with E-state index in [1.807, 2.05) is 47.0 Å². The fourth-order valence-electron chi connectivity index (χ4n) is 3.15. The van der Waals surface area contributed by atoms with Crippen molar-refractivity contribution < 1.29 is 4.79 Å². The summed E-state index contributed by atoms with van der Waals surface area (Å²) in [6.45, 7) is 2.14. The van der Waals surface area contributed by atoms with Crippen molar-refractivity contribution in [2.75, 3.05) is 19.6 Å². The maximum atomic E-state index is 13.0. The van der Waals surface area contributed by atoms with Gasteiger partial charge in [0.25, 0.3) is 5.91 Å². The fraction of sp³-hybridized carbons (Fsp3) is 0.294. The standard InChI is InChI=1S/C17H19N7O.ClH/c1-22-8-7-19-16(22)15-10-18-6-9-24(15)17(25)13-2-4-14(5-3-13)23-11-20-21-12-23;/h2-5,7-8,11-12,15,18H,6,9-10H2,1H3;1H. The van der Waals surface area contributed by atoms with Gasteiger partial charge in [-0.05, 0) is 24.3 Å². The van der Waals surface area contributed by atoms with Gasteiger partial charge >= 0.3 is 0 Å². The molecular weight excluding hydrogens is 354 g/mol. The first-order chi connectivity index (χ1) is 12.2. The quantitative estimate of drug-likeness (QED) is 0.746. The minimum Gasteiger partial charge on any atom is -0.336 e. The summed E-state index contributed by atoms with van der Waals surface area (Å²) in [5.74, 6) is 0.909. The number of amides is 1. The maximum absolute atomic E-state index is 13.0. The highest BCUT2D eigenvalue weighted by Crippen LogP contribution is 2.23. The Morgan fingerprint density at radius 3 is 2.58 bits per heavy atom. The molecule has 1 atom stereocenters. The molecule has 1 unspecified atom stereocenters. The molecule has 1 aromatic carbocycles. The van der Waals surface area contributed by atoms with Crippen LogP contribution >= 0.6 is 12.4 Å². The van der Waals surface area contributed by atoms with Gasteiger partial charge in [-0.3, -0.25) is 9.36 Å². The monoisotopic (exact) mass is 373 g/mol. The van der Waals surface area contributed by atoms with E-state index >= 15 is 0 Å². The average Bonchev–Trinajstić information content (AvgIpc) is 3.33. The van der Waals surface area contributed by atoms with Gasteiger partial charge in [-0.1, -0.05) is 0 Å². The van der Waals surface area contributed by atoms with Crippen LogP contribution in [0.3, 0.4) is 0 Å². The second kappa shape index (κ2) is 7.67. The van der Waals surface area contributed by atoms with E-state index in [1.54, 1.807) is 23.4 Å². The van der Waals surface area contributed by atoms with Crippen LogP contribution < -0.4 is 5.32 Å². The molecule has 1 aliphatic rings. The summed E-state index contributed by atoms with van der Waals surface area (Å²) in [6.07, 6.45) is 6.93. The normalized spacial score (nSPS) is 17.0. The van der Waals surface area contributed by atoms with Crippen LogP contribution in [-0.4, -0.2) is 54.8 Å². The molecule has 0 aliphatic carbocycles. The number of hydrogen-bond donors (Lipinski definition) is 1. The molecule has 136 valence electrons. The van der Waals surface area contributed by atoms with Crippen molar-refractivity contribution in [2.24, 2.45) is 7.05 Å². The molecule has 1 aliphatic heterocycles. The highest BCUT2D eigenvalue weighted by Gasteiger charge is 2.30. The number of benzene rings is 1. The van der Waals surface area contributed by atoms with Crippen molar-refractivity contribution in [2.45, 2.75) is 6.04 Å². The summed E-state index contributed by atoms with van der Waals surface area (Å²) in [4.78, 5) is 19.4. The lowest BCUT2D eigenvalue weighted by molar-refractivity contribution is 0.0621. The van der Waals surface area contributed by atoms with Crippen molar-refractivity contribution in [1.29, 1.82) is 0 Å². The Morgan fingerprint density at radius 2 is 1.92 bits per heavy atom. The van der Waals surface area contributed by atoms with E-state index in [2.05, 4.69) is 20.5 Å². The molecule has 3 heterocycles. The topological polar surface area (TPSA) is 80.9 Å². The summed E-state index contributed by atoms with van der Waals surface area (Å²) >= 11 is 0. The molecule has 1 amide bonds. The zero-order valence-electron chi connectivity index (χ0n) is 14.3. The van der Waals surface area contributed by atoms with Gasteiger partial charge in [-0.15, -0.1) is 22.6 Å². The summed E-state index contributed by atoms with van der Waals surface area (Å²) in [7, 11) is 1.95. The predicted octanol–water partition coefficient (Wildman–Crippen LogP) is 1.21. The number of nitrogens with one attached hydrogen (secondary N) is 1. The van der Waals surface area contributed by atoms with E-state index in [-0.39, 0.29) is 24.4 Å². The first kappa shape index (κ1) is 18.1. The molecule has 0 bridgehead atoms. The molecule has 0 spiro atoms. The molecule has 3 aromatic rings. The third kappa shape index (κ3) is 3.33. The van der Waals surface area contributed by atoms with Crippen molar-refractivity contribution >= 4 is 18.3 Å². The number of halogens is 1. The van der Waals surface area contributed by atoms with Crippen LogP contribution in [0.5, 0.6) is 0 Å². The van der Waals surface area contributed by atoms with Crippen LogP contribution in [0.25, 0.3) is 5.69 Å². The minimum absolute atomic E-state index is 0. The van der Waals surface area contributed by atoms with E-state index in [0.29, 0.717) is 18.7 Å². The molecule has 0 saturated carbocycles. The summed E-state index contributed by atoms with van der Waals surface area (Å²) in [5, 5.41) is 10.9. The molecule has 26 heavy (non-hydrogen) atoms. The van der Waals surface area contributed by atoms with E-state index in [0.717, 1.165) is 18.1 Å². The van der Waals surface area contributed by atoms with Crippen LogP contribution in [0.4, 0.5) is 0 Å². The number of aryl methyl sites for hydroxylation is 1. The summed E-state index contributed by atoms with van der Waals surface area (Å²) in [5.41, 5.74) is 1.58. The van der Waals surface area contributed by atoms with Gasteiger partial charge in [0.2, 0.25) is 0 Å². The Hall–Kier alpha value is -2.71. The number of carbonyl (C=O) groups excluding carboxylic acids is 1. The molecule has 1 fully saturated rings. The Bertz CT molecular complexity index is 860. The highest BCUT2D eigenvalue weighted by atomic mass is 35.5. The molecule has 1 N–H and O–H groups in total. The fourth-order valence-corrected chi connectivity index (χ4v) is 3.15. The highest BCUT2D eigenvalue weighted by molar-refractivity contribution is 5.94. The van der Waals surface area contributed by atoms with Gasteiger partial charge in [-0.2, -0.15) is 0 Å². The molecule has 1 saturated heterocycles. The van der Waals surface area contributed by atoms with Crippen molar-refractivity contribution in [3.63, 3.8) is 0 Å². The predicted molar refractivity (Wildman–Crippen MR) is 98.5 cm³/mol. The Kier molecular flexibility index (Phi) is 5.34. The van der Waals surface area contributed by atoms with Gasteiger partial charge in [0.1, 0.15) is 24.5 Å². The van der Waals surface area contributed by atoms with Gasteiger partial charge in [0, 0.05) is 50.3 Å². The van der Waals surface area contributed by atoms with Gasteiger partial charge in [0.05, 0.1) is 0 Å². The molecular formula is C17H20ClN7O. The number of imidazole rings is 1. The first-order valence-corrected chi connectivity index (χ1v) is 8.18. The Labute approximate surface area is 157 Å². The lowest BCUT2D eigenvalue weighted by atomic mass is 10.1. The minimum atomic E-state index is -0.0706. The van der Waals surface area contributed by atoms with E-state index < -0.39 is 0 Å². The Balaban J connectivity index is 0.00000196. The summed E-state index contributed by atoms with van der Waals surface area (Å²) in [6, 6.07) is 7.41. The second-order valence-electron chi connectivity index (χ2n) is 6.03. The van der Waals surface area contributed by atoms with Crippen LogP contribution in [0.1, 0.15) is 22.2 Å². The van der Waals surface area contributed by atoms with Crippen LogP contribution in [0, 0.1) is 0 Å². The lowest BCUT2D eigenvalue weighted by Gasteiger charge is -2.35. The second-order valence-corrected chi connectivity index (χ2v) is 6.03.